The first-order valence-corrected chi connectivity index (χ1v) is 5.00. The summed E-state index contributed by atoms with van der Waals surface area (Å²) < 4.78 is 5.49. The monoisotopic (exact) mass is 210 g/mol. The molecule has 2 heterocycles. The zero-order chi connectivity index (χ0) is 10.8. The van der Waals surface area contributed by atoms with Crippen molar-refractivity contribution in [2.45, 2.75) is 6.10 Å². The Hall–Kier alpha value is -1.20. The van der Waals surface area contributed by atoms with Crippen molar-refractivity contribution in [2.24, 2.45) is 0 Å². The maximum Gasteiger partial charge on any atom is 0.253 e. The molecule has 2 rings (SSSR count). The van der Waals surface area contributed by atoms with Crippen LogP contribution in [0, 0.1) is 0 Å². The van der Waals surface area contributed by atoms with E-state index >= 15 is 0 Å². The van der Waals surface area contributed by atoms with Crippen LogP contribution < -0.4 is 0 Å². The van der Waals surface area contributed by atoms with Crippen LogP contribution in [0.2, 0.25) is 0 Å². The highest BCUT2D eigenvalue weighted by atomic mass is 16.5. The molecule has 5 heteroatoms. The number of carbonyl (C=O) groups is 2. The van der Waals surface area contributed by atoms with Crippen molar-refractivity contribution in [1.82, 2.24) is 9.80 Å². The van der Waals surface area contributed by atoms with Crippen molar-refractivity contribution in [3.8, 4) is 0 Å². The summed E-state index contributed by atoms with van der Waals surface area (Å²) in [7, 11) is 2.00. The average molecular weight is 210 g/mol. The van der Waals surface area contributed by atoms with E-state index in [1.54, 1.807) is 0 Å². The number of imide groups is 1. The molecule has 0 radical (unpaired) electrons. The van der Waals surface area contributed by atoms with Crippen molar-refractivity contribution >= 4 is 11.8 Å². The van der Waals surface area contributed by atoms with Crippen LogP contribution in [0.3, 0.4) is 0 Å². The Labute approximate surface area is 88.3 Å². The highest BCUT2D eigenvalue weighted by Crippen LogP contribution is 2.09. The van der Waals surface area contributed by atoms with Gasteiger partial charge in [0.1, 0.15) is 0 Å². The van der Waals surface area contributed by atoms with E-state index in [1.165, 1.54) is 17.1 Å². The SMILES string of the molecule is CN1CCOC(CN2C(=O)C=CC2=O)C1. The van der Waals surface area contributed by atoms with E-state index in [1.807, 2.05) is 7.05 Å². The summed E-state index contributed by atoms with van der Waals surface area (Å²) in [6.45, 7) is 2.67. The molecular weight excluding hydrogens is 196 g/mol. The molecule has 82 valence electrons. The Morgan fingerprint density at radius 2 is 2.07 bits per heavy atom. The molecule has 0 aliphatic carbocycles. The Morgan fingerprint density at radius 3 is 2.67 bits per heavy atom. The minimum absolute atomic E-state index is 0.0588. The van der Waals surface area contributed by atoms with Crippen LogP contribution >= 0.6 is 0 Å². The Kier molecular flexibility index (Phi) is 2.83. The summed E-state index contributed by atoms with van der Waals surface area (Å²) in [5, 5.41) is 0. The highest BCUT2D eigenvalue weighted by Gasteiger charge is 2.28. The summed E-state index contributed by atoms with van der Waals surface area (Å²) in [5.74, 6) is -0.478. The fourth-order valence-electron chi connectivity index (χ4n) is 1.79. The van der Waals surface area contributed by atoms with Crippen LogP contribution in [-0.4, -0.2) is 61.0 Å². The second-order valence-corrected chi connectivity index (χ2v) is 3.88. The molecule has 0 bridgehead atoms. The quantitative estimate of drug-likeness (QED) is 0.562. The fraction of sp³-hybridized carbons (Fsp3) is 0.600. The number of ether oxygens (including phenoxy) is 1. The third kappa shape index (κ3) is 2.24. The van der Waals surface area contributed by atoms with Crippen LogP contribution in [0.1, 0.15) is 0 Å². The second-order valence-electron chi connectivity index (χ2n) is 3.88. The molecule has 1 fully saturated rings. The summed E-state index contributed by atoms with van der Waals surface area (Å²) in [5.41, 5.74) is 0. The smallest absolute Gasteiger partial charge is 0.253 e. The summed E-state index contributed by atoms with van der Waals surface area (Å²) >= 11 is 0. The first-order valence-electron chi connectivity index (χ1n) is 5.00. The van der Waals surface area contributed by atoms with Gasteiger partial charge in [-0.05, 0) is 7.05 Å². The van der Waals surface area contributed by atoms with Crippen LogP contribution in [0.25, 0.3) is 0 Å². The molecule has 0 saturated carbocycles. The Bertz CT molecular complexity index is 296. The summed E-state index contributed by atoms with van der Waals surface area (Å²) in [6, 6.07) is 0. The number of hydrogen-bond donors (Lipinski definition) is 0. The molecule has 0 aromatic rings. The lowest BCUT2D eigenvalue weighted by Gasteiger charge is -2.31. The van der Waals surface area contributed by atoms with Crippen molar-refractivity contribution in [3.05, 3.63) is 12.2 Å². The molecule has 1 saturated heterocycles. The molecule has 1 atom stereocenters. The van der Waals surface area contributed by atoms with Gasteiger partial charge < -0.3 is 9.64 Å². The minimum atomic E-state index is -0.239. The topological polar surface area (TPSA) is 49.9 Å². The average Bonchev–Trinajstić information content (AvgIpc) is 2.50. The Balaban J connectivity index is 1.91. The predicted octanol–water partition coefficient (Wildman–Crippen LogP) is -0.758. The molecule has 0 spiro atoms. The molecule has 0 aromatic heterocycles. The fourth-order valence-corrected chi connectivity index (χ4v) is 1.79. The van der Waals surface area contributed by atoms with E-state index in [9.17, 15) is 9.59 Å². The van der Waals surface area contributed by atoms with Gasteiger partial charge in [0.25, 0.3) is 11.8 Å². The standard InChI is InChI=1S/C10H14N2O3/c1-11-4-5-15-8(6-11)7-12-9(13)2-3-10(12)14/h2-3,8H,4-7H2,1H3. The van der Waals surface area contributed by atoms with E-state index in [0.717, 1.165) is 13.1 Å². The molecule has 2 aliphatic rings. The highest BCUT2D eigenvalue weighted by molar-refractivity contribution is 6.12. The van der Waals surface area contributed by atoms with E-state index < -0.39 is 0 Å². The minimum Gasteiger partial charge on any atom is -0.374 e. The van der Waals surface area contributed by atoms with Gasteiger partial charge in [-0.25, -0.2) is 0 Å². The molecular formula is C10H14N2O3. The van der Waals surface area contributed by atoms with Gasteiger partial charge in [0.2, 0.25) is 0 Å². The van der Waals surface area contributed by atoms with Crippen LogP contribution in [0.15, 0.2) is 12.2 Å². The number of likely N-dealkylation sites (N-methyl/N-ethyl adjacent to an activating group) is 1. The van der Waals surface area contributed by atoms with Crippen molar-refractivity contribution in [1.29, 1.82) is 0 Å². The van der Waals surface area contributed by atoms with Crippen LogP contribution in [0.4, 0.5) is 0 Å². The molecule has 2 amide bonds. The van der Waals surface area contributed by atoms with Gasteiger partial charge in [0.05, 0.1) is 19.3 Å². The van der Waals surface area contributed by atoms with Gasteiger partial charge in [-0.3, -0.25) is 14.5 Å². The molecule has 2 aliphatic heterocycles. The van der Waals surface area contributed by atoms with Crippen LogP contribution in [0.5, 0.6) is 0 Å². The molecule has 5 nitrogen and oxygen atoms in total. The third-order valence-electron chi connectivity index (χ3n) is 2.63. The molecule has 0 N–H and O–H groups in total. The van der Waals surface area contributed by atoms with Crippen LogP contribution in [-0.2, 0) is 14.3 Å². The molecule has 15 heavy (non-hydrogen) atoms. The number of nitrogens with zero attached hydrogens (tertiary/aromatic N) is 2. The van der Waals surface area contributed by atoms with Gasteiger partial charge in [0.15, 0.2) is 0 Å². The second kappa shape index (κ2) is 4.12. The summed E-state index contributed by atoms with van der Waals surface area (Å²) in [6.07, 6.45) is 2.54. The van der Waals surface area contributed by atoms with Gasteiger partial charge >= 0.3 is 0 Å². The number of carbonyl (C=O) groups excluding carboxylic acids is 2. The largest absolute Gasteiger partial charge is 0.374 e. The van der Waals surface area contributed by atoms with Crippen molar-refractivity contribution in [2.75, 3.05) is 33.3 Å². The number of hydrogen-bond acceptors (Lipinski definition) is 4. The van der Waals surface area contributed by atoms with Gasteiger partial charge in [-0.1, -0.05) is 0 Å². The van der Waals surface area contributed by atoms with Gasteiger partial charge in [0, 0.05) is 25.2 Å². The predicted molar refractivity (Wildman–Crippen MR) is 53.1 cm³/mol. The lowest BCUT2D eigenvalue weighted by molar-refractivity contribution is -0.140. The maximum absolute atomic E-state index is 11.3. The maximum atomic E-state index is 11.3. The van der Waals surface area contributed by atoms with Crippen molar-refractivity contribution < 1.29 is 14.3 Å². The van der Waals surface area contributed by atoms with E-state index in [0.29, 0.717) is 13.2 Å². The molecule has 1 unspecified atom stereocenters. The molecule has 0 aromatic carbocycles. The number of morpholine rings is 1. The zero-order valence-corrected chi connectivity index (χ0v) is 8.68. The third-order valence-corrected chi connectivity index (χ3v) is 2.63. The summed E-state index contributed by atoms with van der Waals surface area (Å²) in [4.78, 5) is 25.9. The van der Waals surface area contributed by atoms with E-state index in [4.69, 9.17) is 4.74 Å². The van der Waals surface area contributed by atoms with E-state index in [-0.39, 0.29) is 17.9 Å². The first-order chi connectivity index (χ1) is 7.16. The van der Waals surface area contributed by atoms with Gasteiger partial charge in [-0.15, -0.1) is 0 Å². The Morgan fingerprint density at radius 1 is 1.40 bits per heavy atom. The normalized spacial score (nSPS) is 27.8. The number of rotatable bonds is 2. The lowest BCUT2D eigenvalue weighted by Crippen LogP contribution is -2.47. The lowest BCUT2D eigenvalue weighted by atomic mass is 10.2. The van der Waals surface area contributed by atoms with Gasteiger partial charge in [-0.2, -0.15) is 0 Å². The zero-order valence-electron chi connectivity index (χ0n) is 8.68. The number of amides is 2. The first kappa shape index (κ1) is 10.3. The van der Waals surface area contributed by atoms with Crippen molar-refractivity contribution in [3.63, 3.8) is 0 Å². The van der Waals surface area contributed by atoms with E-state index in [2.05, 4.69) is 4.90 Å².